The van der Waals surface area contributed by atoms with E-state index in [-0.39, 0.29) is 0 Å². The summed E-state index contributed by atoms with van der Waals surface area (Å²) < 4.78 is 11.6. The van der Waals surface area contributed by atoms with Crippen LogP contribution in [-0.2, 0) is 9.47 Å². The van der Waals surface area contributed by atoms with Gasteiger partial charge in [-0.1, -0.05) is 0 Å². The average molecular weight is 254 g/mol. The van der Waals surface area contributed by atoms with Crippen LogP contribution in [-0.4, -0.2) is 62.5 Å². The van der Waals surface area contributed by atoms with E-state index in [4.69, 9.17) is 9.47 Å². The Morgan fingerprint density at radius 1 is 1.11 bits per heavy atom. The number of nitrogens with one attached hydrogen (secondary N) is 1. The van der Waals surface area contributed by atoms with Crippen LogP contribution in [0.4, 0.5) is 0 Å². The minimum Gasteiger partial charge on any atom is -0.380 e. The van der Waals surface area contributed by atoms with Gasteiger partial charge in [-0.15, -0.1) is 0 Å². The Hall–Kier alpha value is -0.160. The first kappa shape index (κ1) is 12.9. The average Bonchev–Trinajstić information content (AvgIpc) is 2.88. The van der Waals surface area contributed by atoms with Crippen molar-refractivity contribution in [3.63, 3.8) is 0 Å². The molecule has 1 saturated carbocycles. The molecular formula is C14H26N2O2. The van der Waals surface area contributed by atoms with Gasteiger partial charge in [0.15, 0.2) is 0 Å². The molecule has 0 aromatic carbocycles. The Morgan fingerprint density at radius 2 is 1.94 bits per heavy atom. The molecule has 2 saturated heterocycles. The summed E-state index contributed by atoms with van der Waals surface area (Å²) in [6.45, 7) is 3.94. The Morgan fingerprint density at radius 3 is 2.67 bits per heavy atom. The SMILES string of the molecule is CN(CC1CCC(CNC2CC2)O1)C1CCOC1. The molecule has 18 heavy (non-hydrogen) atoms. The predicted molar refractivity (Wildman–Crippen MR) is 70.8 cm³/mol. The van der Waals surface area contributed by atoms with Crippen molar-refractivity contribution in [3.05, 3.63) is 0 Å². The molecule has 3 fully saturated rings. The zero-order valence-electron chi connectivity index (χ0n) is 11.4. The van der Waals surface area contributed by atoms with Gasteiger partial charge in [0.05, 0.1) is 18.8 Å². The molecule has 2 heterocycles. The molecule has 0 radical (unpaired) electrons. The number of hydrogen-bond acceptors (Lipinski definition) is 4. The predicted octanol–water partition coefficient (Wildman–Crippen LogP) is 1.01. The minimum atomic E-state index is 0.432. The van der Waals surface area contributed by atoms with Gasteiger partial charge in [-0.3, -0.25) is 4.90 Å². The molecule has 3 aliphatic rings. The molecule has 3 unspecified atom stereocenters. The summed E-state index contributed by atoms with van der Waals surface area (Å²) in [5.41, 5.74) is 0. The standard InChI is InChI=1S/C14H26N2O2/c1-16(12-6-7-17-10-12)9-14-5-4-13(18-14)8-15-11-2-3-11/h11-15H,2-10H2,1H3. The number of nitrogens with zero attached hydrogens (tertiary/aromatic N) is 1. The fourth-order valence-electron chi connectivity index (χ4n) is 2.99. The number of ether oxygens (including phenoxy) is 2. The number of likely N-dealkylation sites (N-methyl/N-ethyl adjacent to an activating group) is 1. The lowest BCUT2D eigenvalue weighted by molar-refractivity contribution is 0.0194. The van der Waals surface area contributed by atoms with Crippen LogP contribution in [0.2, 0.25) is 0 Å². The molecule has 0 amide bonds. The Kier molecular flexibility index (Phi) is 4.19. The van der Waals surface area contributed by atoms with E-state index in [1.54, 1.807) is 0 Å². The maximum Gasteiger partial charge on any atom is 0.0707 e. The van der Waals surface area contributed by atoms with Crippen molar-refractivity contribution in [1.82, 2.24) is 10.2 Å². The van der Waals surface area contributed by atoms with Crippen LogP contribution in [0, 0.1) is 0 Å². The zero-order chi connectivity index (χ0) is 12.4. The topological polar surface area (TPSA) is 33.7 Å². The Balaban J connectivity index is 1.35. The molecular weight excluding hydrogens is 228 g/mol. The third kappa shape index (κ3) is 3.44. The molecule has 0 aromatic heterocycles. The summed E-state index contributed by atoms with van der Waals surface area (Å²) in [7, 11) is 2.21. The van der Waals surface area contributed by atoms with Crippen molar-refractivity contribution < 1.29 is 9.47 Å². The third-order valence-corrected chi connectivity index (χ3v) is 4.43. The third-order valence-electron chi connectivity index (χ3n) is 4.43. The van der Waals surface area contributed by atoms with Crippen LogP contribution < -0.4 is 5.32 Å². The second-order valence-corrected chi connectivity index (χ2v) is 6.10. The maximum absolute atomic E-state index is 6.12. The molecule has 3 atom stereocenters. The summed E-state index contributed by atoms with van der Waals surface area (Å²) in [6.07, 6.45) is 7.22. The summed E-state index contributed by atoms with van der Waals surface area (Å²) in [5.74, 6) is 0. The lowest BCUT2D eigenvalue weighted by Crippen LogP contribution is -2.38. The number of hydrogen-bond donors (Lipinski definition) is 1. The van der Waals surface area contributed by atoms with Crippen LogP contribution in [0.3, 0.4) is 0 Å². The van der Waals surface area contributed by atoms with Crippen LogP contribution in [0.15, 0.2) is 0 Å². The molecule has 104 valence electrons. The van der Waals surface area contributed by atoms with Gasteiger partial charge in [-0.05, 0) is 39.2 Å². The quantitative estimate of drug-likeness (QED) is 0.767. The summed E-state index contributed by atoms with van der Waals surface area (Å²) in [6, 6.07) is 1.41. The van der Waals surface area contributed by atoms with Gasteiger partial charge in [-0.2, -0.15) is 0 Å². The van der Waals surface area contributed by atoms with E-state index in [2.05, 4.69) is 17.3 Å². The van der Waals surface area contributed by atoms with Gasteiger partial charge in [0.2, 0.25) is 0 Å². The van der Waals surface area contributed by atoms with E-state index in [9.17, 15) is 0 Å². The van der Waals surface area contributed by atoms with Crippen molar-refractivity contribution >= 4 is 0 Å². The van der Waals surface area contributed by atoms with Crippen molar-refractivity contribution in [2.75, 3.05) is 33.4 Å². The Bertz CT molecular complexity index is 265. The molecule has 3 rings (SSSR count). The highest BCUT2D eigenvalue weighted by Crippen LogP contribution is 2.23. The monoisotopic (exact) mass is 254 g/mol. The first-order valence-electron chi connectivity index (χ1n) is 7.48. The van der Waals surface area contributed by atoms with Gasteiger partial charge in [0.25, 0.3) is 0 Å². The highest BCUT2D eigenvalue weighted by molar-refractivity contribution is 4.85. The Labute approximate surface area is 110 Å². The summed E-state index contributed by atoms with van der Waals surface area (Å²) in [4.78, 5) is 2.42. The lowest BCUT2D eigenvalue weighted by Gasteiger charge is -2.26. The highest BCUT2D eigenvalue weighted by Gasteiger charge is 2.30. The van der Waals surface area contributed by atoms with E-state index in [0.29, 0.717) is 18.2 Å². The zero-order valence-corrected chi connectivity index (χ0v) is 11.4. The largest absolute Gasteiger partial charge is 0.380 e. The fourth-order valence-corrected chi connectivity index (χ4v) is 2.99. The first-order chi connectivity index (χ1) is 8.81. The van der Waals surface area contributed by atoms with Crippen molar-refractivity contribution in [3.8, 4) is 0 Å². The fraction of sp³-hybridized carbons (Fsp3) is 1.00. The van der Waals surface area contributed by atoms with E-state index < -0.39 is 0 Å². The van der Waals surface area contributed by atoms with Gasteiger partial charge in [0, 0.05) is 31.8 Å². The van der Waals surface area contributed by atoms with Crippen LogP contribution in [0.1, 0.15) is 32.1 Å². The molecule has 0 spiro atoms. The van der Waals surface area contributed by atoms with Crippen molar-refractivity contribution in [2.45, 2.75) is 56.4 Å². The van der Waals surface area contributed by atoms with E-state index in [1.807, 2.05) is 0 Å². The number of rotatable bonds is 6. The van der Waals surface area contributed by atoms with E-state index in [0.717, 1.165) is 32.3 Å². The second-order valence-electron chi connectivity index (χ2n) is 6.10. The molecule has 0 aromatic rings. The molecule has 4 heteroatoms. The van der Waals surface area contributed by atoms with Gasteiger partial charge >= 0.3 is 0 Å². The summed E-state index contributed by atoms with van der Waals surface area (Å²) in [5, 5.41) is 3.57. The van der Waals surface area contributed by atoms with Crippen LogP contribution in [0.25, 0.3) is 0 Å². The molecule has 0 bridgehead atoms. The van der Waals surface area contributed by atoms with Crippen LogP contribution in [0.5, 0.6) is 0 Å². The molecule has 1 aliphatic carbocycles. The van der Waals surface area contributed by atoms with Crippen LogP contribution >= 0.6 is 0 Å². The molecule has 1 N–H and O–H groups in total. The van der Waals surface area contributed by atoms with Crippen molar-refractivity contribution in [1.29, 1.82) is 0 Å². The van der Waals surface area contributed by atoms with Gasteiger partial charge < -0.3 is 14.8 Å². The maximum atomic E-state index is 6.12. The minimum absolute atomic E-state index is 0.432. The van der Waals surface area contributed by atoms with Gasteiger partial charge in [0.1, 0.15) is 0 Å². The van der Waals surface area contributed by atoms with Gasteiger partial charge in [-0.25, -0.2) is 0 Å². The summed E-state index contributed by atoms with van der Waals surface area (Å²) >= 11 is 0. The van der Waals surface area contributed by atoms with E-state index in [1.165, 1.54) is 32.1 Å². The highest BCUT2D eigenvalue weighted by atomic mass is 16.5. The molecule has 2 aliphatic heterocycles. The lowest BCUT2D eigenvalue weighted by atomic mass is 10.1. The van der Waals surface area contributed by atoms with E-state index >= 15 is 0 Å². The smallest absolute Gasteiger partial charge is 0.0707 e. The second kappa shape index (κ2) is 5.87. The first-order valence-corrected chi connectivity index (χ1v) is 7.48. The normalized spacial score (nSPS) is 36.7. The van der Waals surface area contributed by atoms with Crippen molar-refractivity contribution in [2.24, 2.45) is 0 Å². The molecule has 4 nitrogen and oxygen atoms in total.